The molecule has 0 saturated heterocycles. The van der Waals surface area contributed by atoms with Gasteiger partial charge in [0, 0.05) is 58.9 Å². The van der Waals surface area contributed by atoms with Crippen LogP contribution >= 0.6 is 0 Å². The Morgan fingerprint density at radius 2 is 1.57 bits per heavy atom. The second-order valence-electron chi connectivity index (χ2n) is 12.5. The average molecular weight is 595 g/mol. The molecule has 0 saturated carbocycles. The number of para-hydroxylation sites is 1. The summed E-state index contributed by atoms with van der Waals surface area (Å²) in [5, 5.41) is 31.9. The number of allylic oxidation sites excluding steroid dienone is 2. The number of aliphatic hydroxyl groups excluding tert-OH is 3. The predicted molar refractivity (Wildman–Crippen MR) is 165 cm³/mol. The van der Waals surface area contributed by atoms with Crippen molar-refractivity contribution in [3.05, 3.63) is 88.5 Å². The van der Waals surface area contributed by atoms with E-state index in [0.717, 1.165) is 54.1 Å². The van der Waals surface area contributed by atoms with Gasteiger partial charge < -0.3 is 25.1 Å². The molecule has 2 aromatic carbocycles. The van der Waals surface area contributed by atoms with Crippen LogP contribution in [0.2, 0.25) is 0 Å². The summed E-state index contributed by atoms with van der Waals surface area (Å²) in [5.74, 6) is -0.440. The molecule has 2 atom stereocenters. The van der Waals surface area contributed by atoms with E-state index < -0.39 is 27.6 Å². The standard InChI is InChI=1S/C33H42N2O6S/c1-6-34-27-15-14-21(42(39,40)41)18-25(27)33(4,5)28(34)19-22-30(37)23(31(22)38)20-29-32(2,3)24-12-8-9-13-26(24)35(29)16-10-7-11-17-36/h8-9,12-15,18-20,23,30,36-38H,6-7,10-11,16-17H2,1-5H3,(H,39,40,41). The normalized spacial score (nSPS) is 24.4. The van der Waals surface area contributed by atoms with Gasteiger partial charge in [0.2, 0.25) is 0 Å². The summed E-state index contributed by atoms with van der Waals surface area (Å²) in [4.78, 5) is 4.17. The lowest BCUT2D eigenvalue weighted by Gasteiger charge is -2.37. The third-order valence-corrected chi connectivity index (χ3v) is 10.1. The van der Waals surface area contributed by atoms with Crippen LogP contribution in [0.1, 0.15) is 65.0 Å². The summed E-state index contributed by atoms with van der Waals surface area (Å²) in [6, 6.07) is 12.9. The molecular weight excluding hydrogens is 552 g/mol. The van der Waals surface area contributed by atoms with E-state index in [1.165, 1.54) is 17.7 Å². The van der Waals surface area contributed by atoms with Gasteiger partial charge in [0.25, 0.3) is 10.1 Å². The van der Waals surface area contributed by atoms with Crippen molar-refractivity contribution in [1.82, 2.24) is 0 Å². The third kappa shape index (κ3) is 4.86. The third-order valence-electron chi connectivity index (χ3n) is 9.22. The molecule has 0 aromatic heterocycles. The highest BCUT2D eigenvalue weighted by Gasteiger charge is 2.46. The molecule has 3 aliphatic rings. The van der Waals surface area contributed by atoms with Crippen LogP contribution in [-0.4, -0.2) is 54.1 Å². The van der Waals surface area contributed by atoms with Crippen LogP contribution in [0.25, 0.3) is 0 Å². The first-order valence-corrected chi connectivity index (χ1v) is 16.1. The molecule has 4 N–H and O–H groups in total. The topological polar surface area (TPSA) is 122 Å². The fraction of sp³-hybridized carbons (Fsp3) is 0.455. The maximum atomic E-state index is 11.8. The fourth-order valence-corrected chi connectivity index (χ4v) is 7.30. The Morgan fingerprint density at radius 3 is 2.21 bits per heavy atom. The number of anilines is 2. The van der Waals surface area contributed by atoms with Gasteiger partial charge in [-0.1, -0.05) is 52.0 Å². The van der Waals surface area contributed by atoms with Gasteiger partial charge >= 0.3 is 0 Å². The molecule has 2 aliphatic heterocycles. The van der Waals surface area contributed by atoms with Gasteiger partial charge in [0.1, 0.15) is 5.76 Å². The van der Waals surface area contributed by atoms with E-state index in [1.807, 2.05) is 50.0 Å². The maximum absolute atomic E-state index is 11.8. The van der Waals surface area contributed by atoms with Crippen LogP contribution in [0.3, 0.4) is 0 Å². The minimum Gasteiger partial charge on any atom is -0.511 e. The lowest BCUT2D eigenvalue weighted by atomic mass is 9.75. The van der Waals surface area contributed by atoms with Crippen molar-refractivity contribution in [2.24, 2.45) is 5.92 Å². The Bertz CT molecular complexity index is 1590. The zero-order chi connectivity index (χ0) is 30.6. The Morgan fingerprint density at radius 1 is 0.905 bits per heavy atom. The molecule has 8 nitrogen and oxygen atoms in total. The first-order chi connectivity index (χ1) is 19.7. The van der Waals surface area contributed by atoms with Crippen molar-refractivity contribution < 1.29 is 28.3 Å². The number of aliphatic hydroxyl groups is 3. The minimum atomic E-state index is -4.36. The van der Waals surface area contributed by atoms with Crippen LogP contribution < -0.4 is 9.80 Å². The highest BCUT2D eigenvalue weighted by molar-refractivity contribution is 7.85. The summed E-state index contributed by atoms with van der Waals surface area (Å²) in [6.45, 7) is 11.8. The number of hydrogen-bond acceptors (Lipinski definition) is 7. The molecule has 42 heavy (non-hydrogen) atoms. The number of likely N-dealkylation sites (N-methyl/N-ethyl adjacent to an activating group) is 1. The van der Waals surface area contributed by atoms with E-state index in [0.29, 0.717) is 12.1 Å². The van der Waals surface area contributed by atoms with E-state index in [-0.39, 0.29) is 22.7 Å². The number of benzene rings is 2. The zero-order valence-electron chi connectivity index (χ0n) is 25.0. The number of unbranched alkanes of at least 4 members (excludes halogenated alkanes) is 2. The molecule has 0 amide bonds. The number of hydrogen-bond donors (Lipinski definition) is 4. The van der Waals surface area contributed by atoms with Crippen molar-refractivity contribution in [2.75, 3.05) is 29.5 Å². The van der Waals surface area contributed by atoms with E-state index in [2.05, 4.69) is 30.9 Å². The van der Waals surface area contributed by atoms with Gasteiger partial charge in [-0.15, -0.1) is 0 Å². The molecule has 2 heterocycles. The molecular formula is C33H42N2O6S. The summed E-state index contributed by atoms with van der Waals surface area (Å²) in [5.41, 5.74) is 5.27. The first kappa shape index (κ1) is 30.4. The van der Waals surface area contributed by atoms with Gasteiger partial charge in [0.05, 0.1) is 16.9 Å². The highest BCUT2D eigenvalue weighted by Crippen LogP contribution is 2.52. The molecule has 9 heteroatoms. The summed E-state index contributed by atoms with van der Waals surface area (Å²) < 4.78 is 33.3. The minimum absolute atomic E-state index is 0.121. The predicted octanol–water partition coefficient (Wildman–Crippen LogP) is 5.58. The summed E-state index contributed by atoms with van der Waals surface area (Å²) in [7, 11) is -4.36. The van der Waals surface area contributed by atoms with Gasteiger partial charge in [-0.2, -0.15) is 8.42 Å². The van der Waals surface area contributed by atoms with E-state index in [1.54, 1.807) is 6.07 Å². The van der Waals surface area contributed by atoms with Gasteiger partial charge in [-0.3, -0.25) is 4.55 Å². The van der Waals surface area contributed by atoms with Crippen molar-refractivity contribution in [3.63, 3.8) is 0 Å². The van der Waals surface area contributed by atoms with E-state index in [4.69, 9.17) is 0 Å². The van der Waals surface area contributed by atoms with Crippen molar-refractivity contribution in [2.45, 2.75) is 75.7 Å². The Kier molecular flexibility index (Phi) is 7.85. The SMILES string of the molecule is CCN1C(=CC2=C(O)C(C=C3N(CCCCCO)c4ccccc4C3(C)C)C2O)C(C)(C)c2cc(S(=O)(=O)O)ccc21. The van der Waals surface area contributed by atoms with Crippen LogP contribution in [-0.2, 0) is 20.9 Å². The molecule has 2 unspecified atom stereocenters. The van der Waals surface area contributed by atoms with Crippen LogP contribution in [0.4, 0.5) is 11.4 Å². The molecule has 0 fully saturated rings. The fourth-order valence-electron chi connectivity index (χ4n) is 6.79. The zero-order valence-corrected chi connectivity index (χ0v) is 25.8. The molecule has 0 spiro atoms. The van der Waals surface area contributed by atoms with Gasteiger partial charge in [-0.05, 0) is 67.7 Å². The van der Waals surface area contributed by atoms with Crippen LogP contribution in [0.5, 0.6) is 0 Å². The van der Waals surface area contributed by atoms with Gasteiger partial charge in [0.15, 0.2) is 0 Å². The quantitative estimate of drug-likeness (QED) is 0.219. The van der Waals surface area contributed by atoms with Crippen molar-refractivity contribution >= 4 is 21.5 Å². The first-order valence-electron chi connectivity index (χ1n) is 14.7. The van der Waals surface area contributed by atoms with Crippen LogP contribution in [0, 0.1) is 5.92 Å². The molecule has 226 valence electrons. The molecule has 0 bridgehead atoms. The Balaban J connectivity index is 1.50. The second-order valence-corrected chi connectivity index (χ2v) is 13.9. The molecule has 5 rings (SSSR count). The monoisotopic (exact) mass is 594 g/mol. The van der Waals surface area contributed by atoms with Crippen molar-refractivity contribution in [3.8, 4) is 0 Å². The van der Waals surface area contributed by atoms with Crippen LogP contribution in [0.15, 0.2) is 82.2 Å². The largest absolute Gasteiger partial charge is 0.511 e. The van der Waals surface area contributed by atoms with E-state index in [9.17, 15) is 28.3 Å². The van der Waals surface area contributed by atoms with Gasteiger partial charge in [-0.25, -0.2) is 0 Å². The number of nitrogens with zero attached hydrogens (tertiary/aromatic N) is 2. The highest BCUT2D eigenvalue weighted by atomic mass is 32.2. The van der Waals surface area contributed by atoms with E-state index >= 15 is 0 Å². The average Bonchev–Trinajstić information content (AvgIpc) is 3.29. The lowest BCUT2D eigenvalue weighted by Crippen LogP contribution is -2.38. The Labute approximate surface area is 249 Å². The smallest absolute Gasteiger partial charge is 0.294 e. The summed E-state index contributed by atoms with van der Waals surface area (Å²) in [6.07, 6.45) is 5.50. The molecule has 2 aromatic rings. The van der Waals surface area contributed by atoms with Crippen molar-refractivity contribution in [1.29, 1.82) is 0 Å². The number of rotatable bonds is 9. The number of fused-ring (bicyclic) bond motifs is 2. The lowest BCUT2D eigenvalue weighted by molar-refractivity contribution is 0.112. The molecule has 0 radical (unpaired) electrons. The maximum Gasteiger partial charge on any atom is 0.294 e. The molecule has 1 aliphatic carbocycles. The Hall–Kier alpha value is -3.11. The second kappa shape index (κ2) is 10.9. The summed E-state index contributed by atoms with van der Waals surface area (Å²) >= 11 is 0.